The van der Waals surface area contributed by atoms with E-state index in [1.54, 1.807) is 7.11 Å². The summed E-state index contributed by atoms with van der Waals surface area (Å²) in [6, 6.07) is 21.3. The number of methoxy groups -OCH3 is 1. The van der Waals surface area contributed by atoms with Gasteiger partial charge in [0.15, 0.2) is 0 Å². The number of nitrogens with one attached hydrogen (secondary N) is 1. The average molecular weight is 319 g/mol. The maximum atomic E-state index is 5.79. The van der Waals surface area contributed by atoms with Gasteiger partial charge in [-0.1, -0.05) is 48.5 Å². The summed E-state index contributed by atoms with van der Waals surface area (Å²) >= 11 is 0. The Balaban J connectivity index is 1.66. The van der Waals surface area contributed by atoms with Gasteiger partial charge >= 0.3 is 0 Å². The van der Waals surface area contributed by atoms with Crippen LogP contribution in [-0.4, -0.2) is 13.7 Å². The first kappa shape index (κ1) is 15.0. The SMILES string of the molecule is COc1ccc([C@H](C)N[C@@H]2COc3ccccc32)c2ccccc12. The summed E-state index contributed by atoms with van der Waals surface area (Å²) in [6.45, 7) is 2.88. The van der Waals surface area contributed by atoms with Gasteiger partial charge in [-0.2, -0.15) is 0 Å². The molecule has 0 saturated heterocycles. The lowest BCUT2D eigenvalue weighted by atomic mass is 9.97. The summed E-state index contributed by atoms with van der Waals surface area (Å²) in [5, 5.41) is 6.09. The van der Waals surface area contributed by atoms with E-state index in [0.29, 0.717) is 6.61 Å². The second-order valence-corrected chi connectivity index (χ2v) is 6.19. The highest BCUT2D eigenvalue weighted by atomic mass is 16.5. The number of hydrogen-bond acceptors (Lipinski definition) is 3. The van der Waals surface area contributed by atoms with Crippen molar-refractivity contribution in [1.29, 1.82) is 0 Å². The highest BCUT2D eigenvalue weighted by molar-refractivity contribution is 5.91. The molecule has 1 aliphatic heterocycles. The third kappa shape index (κ3) is 2.51. The Labute approximate surface area is 142 Å². The van der Waals surface area contributed by atoms with E-state index < -0.39 is 0 Å². The van der Waals surface area contributed by atoms with Gasteiger partial charge in [0.25, 0.3) is 0 Å². The first-order valence-electron chi connectivity index (χ1n) is 8.31. The van der Waals surface area contributed by atoms with Crippen molar-refractivity contribution in [3.8, 4) is 11.5 Å². The second-order valence-electron chi connectivity index (χ2n) is 6.19. The fraction of sp³-hybridized carbons (Fsp3) is 0.238. The Morgan fingerprint density at radius 3 is 2.58 bits per heavy atom. The van der Waals surface area contributed by atoms with E-state index in [1.807, 2.05) is 18.2 Å². The molecule has 122 valence electrons. The van der Waals surface area contributed by atoms with Gasteiger partial charge in [0.1, 0.15) is 18.1 Å². The molecule has 0 unspecified atom stereocenters. The van der Waals surface area contributed by atoms with Gasteiger partial charge in [0.05, 0.1) is 13.2 Å². The molecule has 1 aliphatic rings. The molecule has 0 spiro atoms. The number of rotatable bonds is 4. The fourth-order valence-electron chi connectivity index (χ4n) is 3.54. The number of hydrogen-bond donors (Lipinski definition) is 1. The third-order valence-electron chi connectivity index (χ3n) is 4.76. The second kappa shape index (κ2) is 6.17. The monoisotopic (exact) mass is 319 g/mol. The predicted molar refractivity (Wildman–Crippen MR) is 96.7 cm³/mol. The highest BCUT2D eigenvalue weighted by Crippen LogP contribution is 2.36. The van der Waals surface area contributed by atoms with Gasteiger partial charge in [0.2, 0.25) is 0 Å². The van der Waals surface area contributed by atoms with Crippen LogP contribution in [0.3, 0.4) is 0 Å². The lowest BCUT2D eigenvalue weighted by Crippen LogP contribution is -2.25. The zero-order valence-corrected chi connectivity index (χ0v) is 14.0. The Kier molecular flexibility index (Phi) is 3.87. The molecule has 3 aromatic carbocycles. The van der Waals surface area contributed by atoms with Crippen LogP contribution in [0, 0.1) is 0 Å². The van der Waals surface area contributed by atoms with Crippen molar-refractivity contribution in [2.75, 3.05) is 13.7 Å². The molecule has 0 amide bonds. The average Bonchev–Trinajstić information content (AvgIpc) is 3.03. The smallest absolute Gasteiger partial charge is 0.126 e. The topological polar surface area (TPSA) is 30.5 Å². The molecule has 0 radical (unpaired) electrons. The van der Waals surface area contributed by atoms with Gasteiger partial charge in [0, 0.05) is 17.0 Å². The Morgan fingerprint density at radius 2 is 1.75 bits per heavy atom. The summed E-state index contributed by atoms with van der Waals surface area (Å²) in [5.41, 5.74) is 2.51. The van der Waals surface area contributed by atoms with E-state index >= 15 is 0 Å². The molecule has 24 heavy (non-hydrogen) atoms. The van der Waals surface area contributed by atoms with Crippen LogP contribution in [0.2, 0.25) is 0 Å². The summed E-state index contributed by atoms with van der Waals surface area (Å²) < 4.78 is 11.3. The van der Waals surface area contributed by atoms with Crippen molar-refractivity contribution in [3.05, 3.63) is 71.8 Å². The molecule has 3 heteroatoms. The molecule has 1 heterocycles. The minimum Gasteiger partial charge on any atom is -0.496 e. The lowest BCUT2D eigenvalue weighted by molar-refractivity contribution is 0.301. The lowest BCUT2D eigenvalue weighted by Gasteiger charge is -2.21. The van der Waals surface area contributed by atoms with Crippen molar-refractivity contribution in [2.24, 2.45) is 0 Å². The maximum Gasteiger partial charge on any atom is 0.126 e. The van der Waals surface area contributed by atoms with Crippen molar-refractivity contribution in [1.82, 2.24) is 5.32 Å². The molecule has 0 bridgehead atoms. The van der Waals surface area contributed by atoms with Crippen molar-refractivity contribution < 1.29 is 9.47 Å². The zero-order chi connectivity index (χ0) is 16.5. The maximum absolute atomic E-state index is 5.79. The number of fused-ring (bicyclic) bond motifs is 2. The molecule has 0 aliphatic carbocycles. The van der Waals surface area contributed by atoms with Crippen LogP contribution < -0.4 is 14.8 Å². The van der Waals surface area contributed by atoms with E-state index in [-0.39, 0.29) is 12.1 Å². The van der Waals surface area contributed by atoms with E-state index in [0.717, 1.165) is 16.9 Å². The summed E-state index contributed by atoms with van der Waals surface area (Å²) in [7, 11) is 1.72. The minimum atomic E-state index is 0.209. The Hall–Kier alpha value is -2.52. The van der Waals surface area contributed by atoms with E-state index in [9.17, 15) is 0 Å². The van der Waals surface area contributed by atoms with E-state index in [2.05, 4.69) is 54.7 Å². The van der Waals surface area contributed by atoms with Crippen LogP contribution >= 0.6 is 0 Å². The van der Waals surface area contributed by atoms with Gasteiger partial charge in [-0.15, -0.1) is 0 Å². The Morgan fingerprint density at radius 1 is 1.00 bits per heavy atom. The fourth-order valence-corrected chi connectivity index (χ4v) is 3.54. The van der Waals surface area contributed by atoms with Crippen molar-refractivity contribution in [3.63, 3.8) is 0 Å². The Bertz CT molecular complexity index is 875. The molecule has 3 aromatic rings. The standard InChI is InChI=1S/C21H21NO2/c1-14(22-19-13-24-21-10-6-5-9-18(19)21)15-11-12-20(23-2)17-8-4-3-7-16(15)17/h3-12,14,19,22H,13H2,1-2H3/t14-,19+/m0/s1. The molecule has 0 fully saturated rings. The molecular formula is C21H21NO2. The summed E-state index contributed by atoms with van der Waals surface area (Å²) in [5.74, 6) is 1.90. The van der Waals surface area contributed by atoms with Gasteiger partial charge in [-0.25, -0.2) is 0 Å². The third-order valence-corrected chi connectivity index (χ3v) is 4.76. The zero-order valence-electron chi connectivity index (χ0n) is 14.0. The summed E-state index contributed by atoms with van der Waals surface area (Å²) in [4.78, 5) is 0. The first-order chi connectivity index (χ1) is 11.8. The van der Waals surface area contributed by atoms with Gasteiger partial charge in [-0.3, -0.25) is 0 Å². The predicted octanol–water partition coefficient (Wildman–Crippen LogP) is 4.63. The number of ether oxygens (including phenoxy) is 2. The highest BCUT2D eigenvalue weighted by Gasteiger charge is 2.25. The largest absolute Gasteiger partial charge is 0.496 e. The minimum absolute atomic E-state index is 0.209. The molecule has 0 aromatic heterocycles. The van der Waals surface area contributed by atoms with Crippen LogP contribution in [0.25, 0.3) is 10.8 Å². The van der Waals surface area contributed by atoms with Gasteiger partial charge in [-0.05, 0) is 30.0 Å². The molecule has 4 rings (SSSR count). The summed E-state index contributed by atoms with van der Waals surface area (Å²) in [6.07, 6.45) is 0. The van der Waals surface area contributed by atoms with Gasteiger partial charge < -0.3 is 14.8 Å². The molecule has 0 saturated carbocycles. The molecule has 1 N–H and O–H groups in total. The quantitative estimate of drug-likeness (QED) is 0.760. The normalized spacial score (nSPS) is 17.3. The molecule has 2 atom stereocenters. The van der Waals surface area contributed by atoms with Crippen LogP contribution in [0.1, 0.15) is 30.1 Å². The van der Waals surface area contributed by atoms with Crippen LogP contribution in [-0.2, 0) is 0 Å². The molecular weight excluding hydrogens is 298 g/mol. The van der Waals surface area contributed by atoms with Crippen LogP contribution in [0.15, 0.2) is 60.7 Å². The van der Waals surface area contributed by atoms with Crippen molar-refractivity contribution >= 4 is 10.8 Å². The van der Waals surface area contributed by atoms with Crippen molar-refractivity contribution in [2.45, 2.75) is 19.0 Å². The number of para-hydroxylation sites is 1. The van der Waals surface area contributed by atoms with E-state index in [4.69, 9.17) is 9.47 Å². The number of benzene rings is 3. The first-order valence-corrected chi connectivity index (χ1v) is 8.31. The van der Waals surface area contributed by atoms with E-state index in [1.165, 1.54) is 16.5 Å². The molecule has 3 nitrogen and oxygen atoms in total. The van der Waals surface area contributed by atoms with Crippen LogP contribution in [0.4, 0.5) is 0 Å². The van der Waals surface area contributed by atoms with Crippen LogP contribution in [0.5, 0.6) is 11.5 Å².